The van der Waals surface area contributed by atoms with Crippen LogP contribution in [0.15, 0.2) is 46.9 Å². The number of benzene rings is 2. The molecule has 3 heteroatoms. The zero-order valence-corrected chi connectivity index (χ0v) is 12.5. The lowest BCUT2D eigenvalue weighted by molar-refractivity contribution is 0.881. The van der Waals surface area contributed by atoms with Gasteiger partial charge in [0.05, 0.1) is 11.6 Å². The molecule has 0 aromatic heterocycles. The van der Waals surface area contributed by atoms with Gasteiger partial charge in [0.15, 0.2) is 0 Å². The summed E-state index contributed by atoms with van der Waals surface area (Å²) in [5.74, 6) is 0. The lowest BCUT2D eigenvalue weighted by atomic mass is 10.0. The molecule has 0 aliphatic carbocycles. The normalized spacial score (nSPS) is 11.7. The Hall–Kier alpha value is -1.79. The minimum absolute atomic E-state index is 0.154. The van der Waals surface area contributed by atoms with Gasteiger partial charge in [-0.2, -0.15) is 5.26 Å². The molecule has 2 aromatic rings. The van der Waals surface area contributed by atoms with Crippen molar-refractivity contribution in [3.8, 4) is 6.07 Å². The molecule has 2 aromatic carbocycles. The Morgan fingerprint density at radius 3 is 2.68 bits per heavy atom. The molecule has 96 valence electrons. The first-order valence-electron chi connectivity index (χ1n) is 6.13. The Morgan fingerprint density at radius 2 is 1.95 bits per heavy atom. The molecule has 2 nitrogen and oxygen atoms in total. The smallest absolute Gasteiger partial charge is 0.0991 e. The van der Waals surface area contributed by atoms with Gasteiger partial charge < -0.3 is 5.32 Å². The lowest BCUT2D eigenvalue weighted by Gasteiger charge is -2.18. The highest BCUT2D eigenvalue weighted by Crippen LogP contribution is 2.27. The van der Waals surface area contributed by atoms with E-state index in [2.05, 4.69) is 47.2 Å². The highest BCUT2D eigenvalue weighted by atomic mass is 79.9. The fourth-order valence-corrected chi connectivity index (χ4v) is 2.32. The summed E-state index contributed by atoms with van der Waals surface area (Å²) >= 11 is 3.53. The summed E-state index contributed by atoms with van der Waals surface area (Å²) in [6.45, 7) is 4.17. The minimum Gasteiger partial charge on any atom is -0.378 e. The lowest BCUT2D eigenvalue weighted by Crippen LogP contribution is -2.08. The average Bonchev–Trinajstić information content (AvgIpc) is 2.44. The molecule has 0 radical (unpaired) electrons. The number of rotatable bonds is 3. The van der Waals surface area contributed by atoms with Crippen LogP contribution in [-0.4, -0.2) is 0 Å². The average molecular weight is 315 g/mol. The van der Waals surface area contributed by atoms with Gasteiger partial charge in [-0.25, -0.2) is 0 Å². The van der Waals surface area contributed by atoms with Crippen molar-refractivity contribution in [3.63, 3.8) is 0 Å². The third-order valence-electron chi connectivity index (χ3n) is 3.16. The van der Waals surface area contributed by atoms with E-state index < -0.39 is 0 Å². The van der Waals surface area contributed by atoms with Crippen LogP contribution in [0.4, 0.5) is 5.69 Å². The third-order valence-corrected chi connectivity index (χ3v) is 4.01. The van der Waals surface area contributed by atoms with Crippen LogP contribution in [0.5, 0.6) is 0 Å². The standard InChI is InChI=1S/C16H15BrN2/c1-11-15(17)7-4-8-16(11)19-12(2)14-6-3-5-13(9-14)10-18/h3-9,12,19H,1-2H3. The predicted molar refractivity (Wildman–Crippen MR) is 82.1 cm³/mol. The van der Waals surface area contributed by atoms with Crippen LogP contribution in [0.25, 0.3) is 0 Å². The summed E-state index contributed by atoms with van der Waals surface area (Å²) in [4.78, 5) is 0. The van der Waals surface area contributed by atoms with Crippen LogP contribution in [0, 0.1) is 18.3 Å². The molecule has 19 heavy (non-hydrogen) atoms. The summed E-state index contributed by atoms with van der Waals surface area (Å²) < 4.78 is 1.09. The fourth-order valence-electron chi connectivity index (χ4n) is 1.96. The first-order valence-corrected chi connectivity index (χ1v) is 6.93. The molecular formula is C16H15BrN2. The van der Waals surface area contributed by atoms with E-state index in [0.717, 1.165) is 15.7 Å². The zero-order valence-electron chi connectivity index (χ0n) is 10.9. The summed E-state index contributed by atoms with van der Waals surface area (Å²) in [6.07, 6.45) is 0. The van der Waals surface area contributed by atoms with Gasteiger partial charge in [0.25, 0.3) is 0 Å². The molecule has 0 saturated carbocycles. The van der Waals surface area contributed by atoms with Crippen molar-refractivity contribution in [2.45, 2.75) is 19.9 Å². The van der Waals surface area contributed by atoms with Gasteiger partial charge >= 0.3 is 0 Å². The molecule has 0 bridgehead atoms. The van der Waals surface area contributed by atoms with Gasteiger partial charge in [0.2, 0.25) is 0 Å². The van der Waals surface area contributed by atoms with Gasteiger partial charge in [-0.15, -0.1) is 0 Å². The molecule has 0 spiro atoms. The predicted octanol–water partition coefficient (Wildman–Crippen LogP) is 4.80. The zero-order chi connectivity index (χ0) is 13.8. The minimum atomic E-state index is 0.154. The van der Waals surface area contributed by atoms with Crippen molar-refractivity contribution in [3.05, 3.63) is 63.6 Å². The van der Waals surface area contributed by atoms with Crippen LogP contribution < -0.4 is 5.32 Å². The van der Waals surface area contributed by atoms with E-state index in [4.69, 9.17) is 5.26 Å². The van der Waals surface area contributed by atoms with E-state index in [1.165, 1.54) is 5.56 Å². The summed E-state index contributed by atoms with van der Waals surface area (Å²) in [5.41, 5.74) is 4.09. The van der Waals surface area contributed by atoms with Crippen molar-refractivity contribution in [2.24, 2.45) is 0 Å². The summed E-state index contributed by atoms with van der Waals surface area (Å²) in [6, 6.07) is 16.1. The largest absolute Gasteiger partial charge is 0.378 e. The quantitative estimate of drug-likeness (QED) is 0.883. The molecule has 2 rings (SSSR count). The Labute approximate surface area is 122 Å². The Morgan fingerprint density at radius 1 is 1.21 bits per heavy atom. The SMILES string of the molecule is Cc1c(Br)cccc1NC(C)c1cccc(C#N)c1. The van der Waals surface area contributed by atoms with Crippen molar-refractivity contribution < 1.29 is 0 Å². The first-order chi connectivity index (χ1) is 9.11. The van der Waals surface area contributed by atoms with E-state index >= 15 is 0 Å². The summed E-state index contributed by atoms with van der Waals surface area (Å²) in [5, 5.41) is 12.4. The van der Waals surface area contributed by atoms with E-state index in [-0.39, 0.29) is 6.04 Å². The Kier molecular flexibility index (Phi) is 4.24. The maximum absolute atomic E-state index is 8.94. The number of nitriles is 1. The van der Waals surface area contributed by atoms with Gasteiger partial charge in [-0.1, -0.05) is 34.1 Å². The molecule has 0 aliphatic heterocycles. The first kappa shape index (κ1) is 13.6. The van der Waals surface area contributed by atoms with E-state index in [1.54, 1.807) is 0 Å². The van der Waals surface area contributed by atoms with E-state index in [0.29, 0.717) is 5.56 Å². The van der Waals surface area contributed by atoms with Crippen LogP contribution in [0.1, 0.15) is 29.7 Å². The second kappa shape index (κ2) is 5.90. The third kappa shape index (κ3) is 3.15. The molecule has 0 heterocycles. The number of halogens is 1. The highest BCUT2D eigenvalue weighted by molar-refractivity contribution is 9.10. The molecule has 1 unspecified atom stereocenters. The molecule has 1 atom stereocenters. The Balaban J connectivity index is 2.23. The fraction of sp³-hybridized carbons (Fsp3) is 0.188. The molecular weight excluding hydrogens is 300 g/mol. The molecule has 0 amide bonds. The molecule has 1 N–H and O–H groups in total. The second-order valence-electron chi connectivity index (χ2n) is 4.52. The van der Waals surface area contributed by atoms with Crippen LogP contribution in [0.3, 0.4) is 0 Å². The summed E-state index contributed by atoms with van der Waals surface area (Å²) in [7, 11) is 0. The van der Waals surface area contributed by atoms with Gasteiger partial charge in [-0.3, -0.25) is 0 Å². The monoisotopic (exact) mass is 314 g/mol. The number of hydrogen-bond acceptors (Lipinski definition) is 2. The van der Waals surface area contributed by atoms with Gasteiger partial charge in [-0.05, 0) is 49.2 Å². The Bertz CT molecular complexity index is 629. The van der Waals surface area contributed by atoms with Crippen LogP contribution in [-0.2, 0) is 0 Å². The van der Waals surface area contributed by atoms with Gasteiger partial charge in [0, 0.05) is 16.2 Å². The van der Waals surface area contributed by atoms with Crippen LogP contribution >= 0.6 is 15.9 Å². The van der Waals surface area contributed by atoms with Crippen molar-refractivity contribution in [1.29, 1.82) is 5.26 Å². The van der Waals surface area contributed by atoms with Crippen molar-refractivity contribution >= 4 is 21.6 Å². The highest BCUT2D eigenvalue weighted by Gasteiger charge is 2.08. The second-order valence-corrected chi connectivity index (χ2v) is 5.37. The van der Waals surface area contributed by atoms with Gasteiger partial charge in [0.1, 0.15) is 0 Å². The van der Waals surface area contributed by atoms with Crippen molar-refractivity contribution in [1.82, 2.24) is 0 Å². The van der Waals surface area contributed by atoms with E-state index in [9.17, 15) is 0 Å². The number of nitrogens with zero attached hydrogens (tertiary/aromatic N) is 1. The number of anilines is 1. The number of nitrogens with one attached hydrogen (secondary N) is 1. The maximum Gasteiger partial charge on any atom is 0.0991 e. The van der Waals surface area contributed by atoms with E-state index in [1.807, 2.05) is 36.4 Å². The molecule has 0 fully saturated rings. The number of hydrogen-bond donors (Lipinski definition) is 1. The maximum atomic E-state index is 8.94. The molecule has 0 aliphatic rings. The molecule has 0 saturated heterocycles. The van der Waals surface area contributed by atoms with Crippen molar-refractivity contribution in [2.75, 3.05) is 5.32 Å². The topological polar surface area (TPSA) is 35.8 Å². The van der Waals surface area contributed by atoms with Crippen LogP contribution in [0.2, 0.25) is 0 Å².